The van der Waals surface area contributed by atoms with E-state index < -0.39 is 6.10 Å². The summed E-state index contributed by atoms with van der Waals surface area (Å²) in [6, 6.07) is 12.3. The van der Waals surface area contributed by atoms with Gasteiger partial charge in [0.15, 0.2) is 17.3 Å². The van der Waals surface area contributed by atoms with Gasteiger partial charge in [0.1, 0.15) is 13.2 Å². The maximum absolute atomic E-state index is 12.8. The number of ketones is 1. The number of carbonyl (C=O) groups excluding carboxylic acids is 1. The lowest BCUT2D eigenvalue weighted by Crippen LogP contribution is -2.24. The van der Waals surface area contributed by atoms with Crippen LogP contribution in [0.2, 0.25) is 0 Å². The molecule has 3 rings (SSSR count). The molecule has 0 saturated heterocycles. The molecule has 0 fully saturated rings. The van der Waals surface area contributed by atoms with Crippen molar-refractivity contribution in [2.45, 2.75) is 6.10 Å². The Morgan fingerprint density at radius 1 is 1.12 bits per heavy atom. The van der Waals surface area contributed by atoms with Crippen LogP contribution in [0.5, 0.6) is 11.5 Å². The molecule has 0 bridgehead atoms. The number of hydrogen-bond donors (Lipinski definition) is 3. The van der Waals surface area contributed by atoms with Gasteiger partial charge in [-0.05, 0) is 6.07 Å². The number of anilines is 1. The molecule has 1 aliphatic rings. The first-order valence-electron chi connectivity index (χ1n) is 7.75. The number of aliphatic hydroxyl groups excluding tert-OH is 2. The zero-order valence-electron chi connectivity index (χ0n) is 13.1. The number of hydrogen-bond acceptors (Lipinski definition) is 6. The summed E-state index contributed by atoms with van der Waals surface area (Å²) in [6.45, 7) is 0.629. The molecule has 0 amide bonds. The highest BCUT2D eigenvalue weighted by molar-refractivity contribution is 6.12. The van der Waals surface area contributed by atoms with Crippen LogP contribution in [0, 0.1) is 0 Å². The molecule has 1 atom stereocenters. The van der Waals surface area contributed by atoms with Crippen molar-refractivity contribution in [3.8, 4) is 11.5 Å². The third kappa shape index (κ3) is 3.50. The maximum Gasteiger partial charge on any atom is 0.195 e. The van der Waals surface area contributed by atoms with Gasteiger partial charge in [-0.15, -0.1) is 0 Å². The van der Waals surface area contributed by atoms with Crippen LogP contribution in [0.1, 0.15) is 15.9 Å². The third-order valence-corrected chi connectivity index (χ3v) is 3.70. The Labute approximate surface area is 139 Å². The molecule has 24 heavy (non-hydrogen) atoms. The zero-order chi connectivity index (χ0) is 16.9. The predicted molar refractivity (Wildman–Crippen MR) is 88.9 cm³/mol. The molecule has 6 nitrogen and oxygen atoms in total. The molecule has 1 aliphatic heterocycles. The molecule has 0 saturated carbocycles. The van der Waals surface area contributed by atoms with Gasteiger partial charge < -0.3 is 25.0 Å². The van der Waals surface area contributed by atoms with Gasteiger partial charge in [-0.1, -0.05) is 30.3 Å². The fourth-order valence-electron chi connectivity index (χ4n) is 2.46. The van der Waals surface area contributed by atoms with Crippen molar-refractivity contribution in [3.05, 3.63) is 53.6 Å². The molecule has 0 spiro atoms. The van der Waals surface area contributed by atoms with Crippen molar-refractivity contribution in [2.75, 3.05) is 31.7 Å². The number of aliphatic hydroxyl groups is 2. The minimum absolute atomic E-state index is 0.116. The minimum atomic E-state index is -0.919. The second kappa shape index (κ2) is 7.33. The van der Waals surface area contributed by atoms with Gasteiger partial charge in [0, 0.05) is 29.4 Å². The highest BCUT2D eigenvalue weighted by Gasteiger charge is 2.21. The first-order valence-corrected chi connectivity index (χ1v) is 7.75. The molecule has 2 aromatic rings. The van der Waals surface area contributed by atoms with E-state index in [1.165, 1.54) is 0 Å². The first kappa shape index (κ1) is 16.3. The molecule has 2 aromatic carbocycles. The molecule has 1 unspecified atom stereocenters. The quantitative estimate of drug-likeness (QED) is 0.695. The van der Waals surface area contributed by atoms with Crippen molar-refractivity contribution >= 4 is 11.5 Å². The van der Waals surface area contributed by atoms with Gasteiger partial charge in [-0.25, -0.2) is 0 Å². The van der Waals surface area contributed by atoms with E-state index in [0.717, 1.165) is 0 Å². The predicted octanol–water partition coefficient (Wildman–Crippen LogP) is 1.45. The summed E-state index contributed by atoms with van der Waals surface area (Å²) in [4.78, 5) is 12.8. The Kier molecular flexibility index (Phi) is 4.98. The van der Waals surface area contributed by atoms with Crippen molar-refractivity contribution < 1.29 is 24.5 Å². The second-order valence-corrected chi connectivity index (χ2v) is 5.45. The van der Waals surface area contributed by atoms with E-state index in [1.807, 2.05) is 6.07 Å². The van der Waals surface area contributed by atoms with Crippen molar-refractivity contribution in [1.29, 1.82) is 0 Å². The highest BCUT2D eigenvalue weighted by atomic mass is 16.6. The molecule has 0 aliphatic carbocycles. The topological polar surface area (TPSA) is 88.0 Å². The number of ether oxygens (including phenoxy) is 2. The Balaban J connectivity index is 1.97. The van der Waals surface area contributed by atoms with Crippen LogP contribution < -0.4 is 14.8 Å². The number of carbonyl (C=O) groups is 1. The SMILES string of the molecule is O=C(c1ccccc1)c1cc2c(cc1NCC(O)CO)OCCO2. The van der Waals surface area contributed by atoms with E-state index in [-0.39, 0.29) is 18.9 Å². The van der Waals surface area contributed by atoms with Gasteiger partial charge in [0.2, 0.25) is 0 Å². The summed E-state index contributed by atoms with van der Waals surface area (Å²) in [5.74, 6) is 0.911. The lowest BCUT2D eigenvalue weighted by atomic mass is 10.0. The van der Waals surface area contributed by atoms with E-state index in [0.29, 0.717) is 41.5 Å². The molecular formula is C18H19NO5. The van der Waals surface area contributed by atoms with Crippen LogP contribution in [-0.2, 0) is 0 Å². The van der Waals surface area contributed by atoms with E-state index in [2.05, 4.69) is 5.32 Å². The Hall–Kier alpha value is -2.57. The fraction of sp³-hybridized carbons (Fsp3) is 0.278. The highest BCUT2D eigenvalue weighted by Crippen LogP contribution is 2.36. The van der Waals surface area contributed by atoms with Crippen LogP contribution in [0.3, 0.4) is 0 Å². The monoisotopic (exact) mass is 329 g/mol. The Morgan fingerprint density at radius 3 is 2.46 bits per heavy atom. The number of fused-ring (bicyclic) bond motifs is 1. The van der Waals surface area contributed by atoms with Gasteiger partial charge in [-0.2, -0.15) is 0 Å². The largest absolute Gasteiger partial charge is 0.486 e. The van der Waals surface area contributed by atoms with Crippen molar-refractivity contribution in [3.63, 3.8) is 0 Å². The lowest BCUT2D eigenvalue weighted by molar-refractivity contribution is 0.103. The standard InChI is InChI=1S/C18H19NO5/c20-11-13(21)10-19-15-9-17-16(23-6-7-24-17)8-14(15)18(22)12-4-2-1-3-5-12/h1-5,8-9,13,19-21H,6-7,10-11H2. The number of rotatable bonds is 6. The normalized spacial score (nSPS) is 14.1. The zero-order valence-corrected chi connectivity index (χ0v) is 13.1. The van der Waals surface area contributed by atoms with E-state index in [9.17, 15) is 9.90 Å². The molecule has 0 aromatic heterocycles. The molecule has 126 valence electrons. The van der Waals surface area contributed by atoms with Crippen LogP contribution >= 0.6 is 0 Å². The van der Waals surface area contributed by atoms with Crippen LogP contribution in [0.25, 0.3) is 0 Å². The average Bonchev–Trinajstić information content (AvgIpc) is 2.65. The molecule has 3 N–H and O–H groups in total. The molecule has 0 radical (unpaired) electrons. The summed E-state index contributed by atoms with van der Waals surface area (Å²) in [5, 5.41) is 21.5. The maximum atomic E-state index is 12.8. The lowest BCUT2D eigenvalue weighted by Gasteiger charge is -2.22. The van der Waals surface area contributed by atoms with Gasteiger partial charge in [0.25, 0.3) is 0 Å². The van der Waals surface area contributed by atoms with Gasteiger partial charge >= 0.3 is 0 Å². The number of nitrogens with one attached hydrogen (secondary N) is 1. The van der Waals surface area contributed by atoms with Crippen molar-refractivity contribution in [2.24, 2.45) is 0 Å². The Morgan fingerprint density at radius 2 is 1.79 bits per heavy atom. The third-order valence-electron chi connectivity index (χ3n) is 3.70. The smallest absolute Gasteiger partial charge is 0.195 e. The summed E-state index contributed by atoms with van der Waals surface area (Å²) in [6.07, 6.45) is -0.919. The molecule has 6 heteroatoms. The Bertz CT molecular complexity index is 717. The molecule has 1 heterocycles. The fourth-order valence-corrected chi connectivity index (χ4v) is 2.46. The van der Waals surface area contributed by atoms with E-state index in [1.54, 1.807) is 36.4 Å². The first-order chi connectivity index (χ1) is 11.7. The number of benzene rings is 2. The van der Waals surface area contributed by atoms with E-state index in [4.69, 9.17) is 14.6 Å². The van der Waals surface area contributed by atoms with Crippen LogP contribution in [0.4, 0.5) is 5.69 Å². The summed E-state index contributed by atoms with van der Waals surface area (Å²) in [7, 11) is 0. The van der Waals surface area contributed by atoms with Crippen molar-refractivity contribution in [1.82, 2.24) is 0 Å². The summed E-state index contributed by atoms with van der Waals surface area (Å²) < 4.78 is 11.1. The summed E-state index contributed by atoms with van der Waals surface area (Å²) >= 11 is 0. The van der Waals surface area contributed by atoms with E-state index >= 15 is 0 Å². The van der Waals surface area contributed by atoms with Gasteiger partial charge in [0.05, 0.1) is 12.7 Å². The molecular weight excluding hydrogens is 310 g/mol. The van der Waals surface area contributed by atoms with Crippen LogP contribution in [0.15, 0.2) is 42.5 Å². The minimum Gasteiger partial charge on any atom is -0.486 e. The van der Waals surface area contributed by atoms with Gasteiger partial charge in [-0.3, -0.25) is 4.79 Å². The summed E-state index contributed by atoms with van der Waals surface area (Å²) in [5.41, 5.74) is 1.51. The van der Waals surface area contributed by atoms with Crippen LogP contribution in [-0.4, -0.2) is 48.5 Å². The second-order valence-electron chi connectivity index (χ2n) is 5.45. The average molecular weight is 329 g/mol.